The third-order valence-corrected chi connectivity index (χ3v) is 3.36. The van der Waals surface area contributed by atoms with Crippen molar-refractivity contribution in [1.29, 1.82) is 0 Å². The van der Waals surface area contributed by atoms with Gasteiger partial charge in [-0.3, -0.25) is 0 Å². The summed E-state index contributed by atoms with van der Waals surface area (Å²) in [6.45, 7) is 1.77. The number of fused-ring (bicyclic) bond motifs is 1. The highest BCUT2D eigenvalue weighted by atomic mass is 19.1. The number of halogens is 2. The number of benzene rings is 1. The number of ether oxygens (including phenoxy) is 1. The lowest BCUT2D eigenvalue weighted by atomic mass is 10.2. The quantitative estimate of drug-likeness (QED) is 0.752. The molecule has 0 unspecified atom stereocenters. The number of methoxy groups -OCH3 is 1. The largest absolute Gasteiger partial charge is 0.465 e. The first-order valence-corrected chi connectivity index (χ1v) is 6.77. The van der Waals surface area contributed by atoms with Gasteiger partial charge in [0.2, 0.25) is 5.95 Å². The second kappa shape index (κ2) is 5.68. The first-order chi connectivity index (χ1) is 11.0. The van der Waals surface area contributed by atoms with Gasteiger partial charge in [-0.05, 0) is 24.6 Å². The van der Waals surface area contributed by atoms with E-state index in [0.29, 0.717) is 0 Å². The molecule has 3 rings (SSSR count). The maximum absolute atomic E-state index is 14.0. The minimum Gasteiger partial charge on any atom is -0.465 e. The Hall–Kier alpha value is -2.96. The standard InChI is InChI=1S/C16H13F2N3O2/c1-9-3-4-12(11(17)5-9)19-13-6-15-20-14(18)8-21(15)7-10(13)16(22)23-2/h3-8,19H,1-2H3. The number of carbonyl (C=O) groups is 1. The summed E-state index contributed by atoms with van der Waals surface area (Å²) in [7, 11) is 1.23. The molecule has 118 valence electrons. The van der Waals surface area contributed by atoms with Gasteiger partial charge in [0.15, 0.2) is 0 Å². The SMILES string of the molecule is COC(=O)c1cn2cc(F)nc2cc1Nc1ccc(C)cc1F. The van der Waals surface area contributed by atoms with Crippen LogP contribution in [0.2, 0.25) is 0 Å². The van der Waals surface area contributed by atoms with Crippen LogP contribution in [0.25, 0.3) is 5.65 Å². The Bertz CT molecular complexity index is 906. The van der Waals surface area contributed by atoms with Gasteiger partial charge in [-0.1, -0.05) is 6.07 Å². The fourth-order valence-electron chi connectivity index (χ4n) is 2.25. The molecule has 0 amide bonds. The molecule has 0 atom stereocenters. The lowest BCUT2D eigenvalue weighted by Gasteiger charge is -2.12. The van der Waals surface area contributed by atoms with Gasteiger partial charge in [0.05, 0.1) is 30.2 Å². The van der Waals surface area contributed by atoms with Crippen LogP contribution < -0.4 is 5.32 Å². The summed E-state index contributed by atoms with van der Waals surface area (Å²) in [5.41, 5.74) is 1.66. The number of hydrogen-bond donors (Lipinski definition) is 1. The monoisotopic (exact) mass is 317 g/mol. The molecule has 0 radical (unpaired) electrons. The molecular weight excluding hydrogens is 304 g/mol. The first kappa shape index (κ1) is 15.0. The van der Waals surface area contributed by atoms with E-state index in [2.05, 4.69) is 10.3 Å². The molecule has 23 heavy (non-hydrogen) atoms. The Kier molecular flexibility index (Phi) is 3.69. The Morgan fingerprint density at radius 2 is 2.00 bits per heavy atom. The topological polar surface area (TPSA) is 55.6 Å². The zero-order chi connectivity index (χ0) is 16.6. The van der Waals surface area contributed by atoms with Crippen LogP contribution in [0.1, 0.15) is 15.9 Å². The minimum absolute atomic E-state index is 0.136. The summed E-state index contributed by atoms with van der Waals surface area (Å²) in [4.78, 5) is 15.6. The zero-order valence-corrected chi connectivity index (χ0v) is 12.4. The molecule has 2 aromatic heterocycles. The molecule has 1 aromatic carbocycles. The van der Waals surface area contributed by atoms with Crippen LogP contribution in [0.5, 0.6) is 0 Å². The van der Waals surface area contributed by atoms with E-state index in [-0.39, 0.29) is 22.6 Å². The predicted molar refractivity (Wildman–Crippen MR) is 80.9 cm³/mol. The Morgan fingerprint density at radius 3 is 2.70 bits per heavy atom. The van der Waals surface area contributed by atoms with Crippen LogP contribution in [-0.2, 0) is 4.74 Å². The lowest BCUT2D eigenvalue weighted by molar-refractivity contribution is 0.0601. The van der Waals surface area contributed by atoms with Crippen molar-refractivity contribution in [2.75, 3.05) is 12.4 Å². The van der Waals surface area contributed by atoms with Gasteiger partial charge in [0.25, 0.3) is 0 Å². The molecule has 0 bridgehead atoms. The fourth-order valence-corrected chi connectivity index (χ4v) is 2.25. The number of rotatable bonds is 3. The van der Waals surface area contributed by atoms with Gasteiger partial charge in [-0.15, -0.1) is 0 Å². The number of hydrogen-bond acceptors (Lipinski definition) is 4. The third kappa shape index (κ3) is 2.85. The molecule has 0 saturated heterocycles. The van der Waals surface area contributed by atoms with Crippen LogP contribution in [0.15, 0.2) is 36.7 Å². The average molecular weight is 317 g/mol. The molecule has 0 spiro atoms. The van der Waals surface area contributed by atoms with E-state index < -0.39 is 17.7 Å². The molecule has 0 aliphatic carbocycles. The van der Waals surface area contributed by atoms with E-state index in [1.165, 1.54) is 29.8 Å². The van der Waals surface area contributed by atoms with Crippen molar-refractivity contribution in [3.63, 3.8) is 0 Å². The number of esters is 1. The van der Waals surface area contributed by atoms with Gasteiger partial charge in [-0.2, -0.15) is 4.39 Å². The summed E-state index contributed by atoms with van der Waals surface area (Å²) in [5.74, 6) is -1.77. The first-order valence-electron chi connectivity index (χ1n) is 6.77. The van der Waals surface area contributed by atoms with Gasteiger partial charge >= 0.3 is 5.97 Å². The van der Waals surface area contributed by atoms with Crippen LogP contribution in [0, 0.1) is 18.7 Å². The van der Waals surface area contributed by atoms with Crippen molar-refractivity contribution in [3.8, 4) is 0 Å². The zero-order valence-electron chi connectivity index (χ0n) is 12.4. The Labute approximate surface area is 130 Å². The molecule has 7 heteroatoms. The van der Waals surface area contributed by atoms with Crippen molar-refractivity contribution < 1.29 is 18.3 Å². The van der Waals surface area contributed by atoms with Gasteiger partial charge in [0.1, 0.15) is 11.5 Å². The molecule has 0 aliphatic heterocycles. The van der Waals surface area contributed by atoms with E-state index >= 15 is 0 Å². The number of imidazole rings is 1. The number of aryl methyl sites for hydroxylation is 1. The predicted octanol–water partition coefficient (Wildman–Crippen LogP) is 3.45. The highest BCUT2D eigenvalue weighted by Gasteiger charge is 2.16. The summed E-state index contributed by atoms with van der Waals surface area (Å²) >= 11 is 0. The van der Waals surface area contributed by atoms with Crippen LogP contribution in [0.3, 0.4) is 0 Å². The third-order valence-electron chi connectivity index (χ3n) is 3.36. The highest BCUT2D eigenvalue weighted by Crippen LogP contribution is 2.26. The van der Waals surface area contributed by atoms with Crippen LogP contribution in [0.4, 0.5) is 20.2 Å². The van der Waals surface area contributed by atoms with E-state index in [1.54, 1.807) is 19.1 Å². The van der Waals surface area contributed by atoms with Gasteiger partial charge in [0, 0.05) is 12.3 Å². The maximum atomic E-state index is 14.0. The van der Waals surface area contributed by atoms with Crippen molar-refractivity contribution in [1.82, 2.24) is 9.38 Å². The molecule has 0 aliphatic rings. The summed E-state index contributed by atoms with van der Waals surface area (Å²) < 4.78 is 33.4. The second-order valence-corrected chi connectivity index (χ2v) is 5.03. The van der Waals surface area contributed by atoms with Crippen LogP contribution >= 0.6 is 0 Å². The minimum atomic E-state index is -0.681. The summed E-state index contributed by atoms with van der Waals surface area (Å²) in [5, 5.41) is 2.83. The normalized spacial score (nSPS) is 10.8. The van der Waals surface area contributed by atoms with E-state index in [1.807, 2.05) is 0 Å². The molecule has 0 fully saturated rings. The molecular formula is C16H13F2N3O2. The number of nitrogens with zero attached hydrogens (tertiary/aromatic N) is 2. The van der Waals surface area contributed by atoms with Crippen molar-refractivity contribution in [2.24, 2.45) is 0 Å². The van der Waals surface area contributed by atoms with E-state index in [9.17, 15) is 13.6 Å². The van der Waals surface area contributed by atoms with Crippen molar-refractivity contribution >= 4 is 23.0 Å². The van der Waals surface area contributed by atoms with Crippen LogP contribution in [-0.4, -0.2) is 22.5 Å². The Balaban J connectivity index is 2.11. The van der Waals surface area contributed by atoms with Gasteiger partial charge in [-0.25, -0.2) is 14.2 Å². The highest BCUT2D eigenvalue weighted by molar-refractivity contribution is 5.97. The van der Waals surface area contributed by atoms with Crippen molar-refractivity contribution in [3.05, 3.63) is 59.6 Å². The fraction of sp³-hybridized carbons (Fsp3) is 0.125. The smallest absolute Gasteiger partial charge is 0.341 e. The number of nitrogens with one attached hydrogen (secondary N) is 1. The van der Waals surface area contributed by atoms with E-state index in [0.717, 1.165) is 11.8 Å². The molecule has 3 aromatic rings. The Morgan fingerprint density at radius 1 is 1.22 bits per heavy atom. The number of carbonyl (C=O) groups excluding carboxylic acids is 1. The lowest BCUT2D eigenvalue weighted by Crippen LogP contribution is -2.08. The summed E-state index contributed by atoms with van der Waals surface area (Å²) in [6.07, 6.45) is 2.52. The number of pyridine rings is 1. The number of anilines is 2. The molecule has 2 heterocycles. The van der Waals surface area contributed by atoms with Crippen molar-refractivity contribution in [2.45, 2.75) is 6.92 Å². The second-order valence-electron chi connectivity index (χ2n) is 5.03. The van der Waals surface area contributed by atoms with Gasteiger partial charge < -0.3 is 14.5 Å². The average Bonchev–Trinajstić information content (AvgIpc) is 2.87. The van der Waals surface area contributed by atoms with E-state index in [4.69, 9.17) is 4.74 Å². The number of aromatic nitrogens is 2. The summed E-state index contributed by atoms with van der Waals surface area (Å²) in [6, 6.07) is 6.11. The maximum Gasteiger partial charge on any atom is 0.341 e. The molecule has 5 nitrogen and oxygen atoms in total. The molecule has 1 N–H and O–H groups in total. The molecule has 0 saturated carbocycles.